The number of rotatable bonds is 4. The number of carbonyl (C=O) groups excluding carboxylic acids is 1. The van der Waals surface area contributed by atoms with Gasteiger partial charge in [0, 0.05) is 30.2 Å². The van der Waals surface area contributed by atoms with Crippen LogP contribution >= 0.6 is 11.6 Å². The number of hydrogen-bond acceptors (Lipinski definition) is 2. The molecular formula is C23H28ClF3N2O2. The Morgan fingerprint density at radius 2 is 1.84 bits per heavy atom. The number of carbonyl (C=O) groups is 1. The molecule has 31 heavy (non-hydrogen) atoms. The molecule has 0 N–H and O–H groups in total. The minimum atomic E-state index is -4.59. The summed E-state index contributed by atoms with van der Waals surface area (Å²) in [5.41, 5.74) is -0.386. The summed E-state index contributed by atoms with van der Waals surface area (Å²) in [7, 11) is 0. The van der Waals surface area contributed by atoms with Crippen molar-refractivity contribution >= 4 is 17.5 Å². The van der Waals surface area contributed by atoms with Crippen molar-refractivity contribution in [3.63, 3.8) is 0 Å². The van der Waals surface area contributed by atoms with Gasteiger partial charge in [-0.25, -0.2) is 0 Å². The van der Waals surface area contributed by atoms with Crippen molar-refractivity contribution in [2.24, 2.45) is 5.92 Å². The lowest BCUT2D eigenvalue weighted by atomic mass is 9.99. The Labute approximate surface area is 185 Å². The number of halogens is 4. The van der Waals surface area contributed by atoms with Gasteiger partial charge in [-0.3, -0.25) is 4.79 Å². The number of ether oxygens (including phenoxy) is 1. The van der Waals surface area contributed by atoms with E-state index in [-0.39, 0.29) is 23.7 Å². The highest BCUT2D eigenvalue weighted by atomic mass is 35.5. The highest BCUT2D eigenvalue weighted by molar-refractivity contribution is 6.30. The van der Waals surface area contributed by atoms with Gasteiger partial charge >= 0.3 is 6.18 Å². The van der Waals surface area contributed by atoms with Crippen molar-refractivity contribution in [1.82, 2.24) is 9.47 Å². The SMILES string of the molecule is Cc1c(-c2ccc(Cl)cc2)c(C(=O)N2CCOC(C)(C)C2)n(CC(C)C)c1C(F)(F)F. The van der Waals surface area contributed by atoms with Gasteiger partial charge in [-0.15, -0.1) is 0 Å². The minimum absolute atomic E-state index is 0.0475. The second-order valence-electron chi connectivity index (χ2n) is 9.04. The molecule has 0 radical (unpaired) electrons. The summed E-state index contributed by atoms with van der Waals surface area (Å²) in [5, 5.41) is 0.474. The fourth-order valence-corrected chi connectivity index (χ4v) is 4.32. The molecule has 0 unspecified atom stereocenters. The number of aromatic nitrogens is 1. The molecule has 1 aliphatic heterocycles. The van der Waals surface area contributed by atoms with Crippen molar-refractivity contribution in [2.45, 2.75) is 52.9 Å². The smallest absolute Gasteiger partial charge is 0.372 e. The van der Waals surface area contributed by atoms with Crippen LogP contribution in [0.15, 0.2) is 24.3 Å². The van der Waals surface area contributed by atoms with Crippen molar-refractivity contribution in [3.05, 3.63) is 46.2 Å². The Morgan fingerprint density at radius 1 is 1.23 bits per heavy atom. The summed E-state index contributed by atoms with van der Waals surface area (Å²) >= 11 is 6.00. The molecule has 8 heteroatoms. The van der Waals surface area contributed by atoms with Crippen molar-refractivity contribution < 1.29 is 22.7 Å². The Bertz CT molecular complexity index is 963. The fourth-order valence-electron chi connectivity index (χ4n) is 4.19. The van der Waals surface area contributed by atoms with Crippen LogP contribution < -0.4 is 0 Å². The molecule has 0 bridgehead atoms. The van der Waals surface area contributed by atoms with Crippen LogP contribution in [-0.2, 0) is 17.5 Å². The summed E-state index contributed by atoms with van der Waals surface area (Å²) in [4.78, 5) is 15.3. The van der Waals surface area contributed by atoms with E-state index in [0.29, 0.717) is 35.8 Å². The van der Waals surface area contributed by atoms with Crippen LogP contribution in [0.4, 0.5) is 13.2 Å². The highest BCUT2D eigenvalue weighted by Gasteiger charge is 2.42. The second kappa shape index (κ2) is 8.51. The molecular weight excluding hydrogens is 429 g/mol. The molecule has 2 heterocycles. The molecule has 1 aromatic heterocycles. The van der Waals surface area contributed by atoms with Gasteiger partial charge < -0.3 is 14.2 Å². The molecule has 0 saturated carbocycles. The topological polar surface area (TPSA) is 34.5 Å². The van der Waals surface area contributed by atoms with E-state index in [1.54, 1.807) is 29.2 Å². The van der Waals surface area contributed by atoms with E-state index in [0.717, 1.165) is 4.57 Å². The number of alkyl halides is 3. The predicted octanol–water partition coefficient (Wildman–Crippen LogP) is 6.04. The zero-order chi connectivity index (χ0) is 23.1. The molecule has 4 nitrogen and oxygen atoms in total. The zero-order valence-corrected chi connectivity index (χ0v) is 19.2. The van der Waals surface area contributed by atoms with Crippen LogP contribution in [0, 0.1) is 12.8 Å². The van der Waals surface area contributed by atoms with Crippen LogP contribution in [0.3, 0.4) is 0 Å². The van der Waals surface area contributed by atoms with Crippen LogP contribution in [0.1, 0.15) is 49.4 Å². The van der Waals surface area contributed by atoms with E-state index in [1.165, 1.54) is 6.92 Å². The number of amides is 1. The van der Waals surface area contributed by atoms with Gasteiger partial charge in [-0.05, 0) is 49.9 Å². The van der Waals surface area contributed by atoms with E-state index in [4.69, 9.17) is 16.3 Å². The first-order valence-electron chi connectivity index (χ1n) is 10.3. The quantitative estimate of drug-likeness (QED) is 0.562. The van der Waals surface area contributed by atoms with Crippen molar-refractivity contribution in [1.29, 1.82) is 0 Å². The van der Waals surface area contributed by atoms with Gasteiger partial charge in [0.1, 0.15) is 11.4 Å². The monoisotopic (exact) mass is 456 g/mol. The normalized spacial score (nSPS) is 16.8. The van der Waals surface area contributed by atoms with E-state index in [9.17, 15) is 18.0 Å². The van der Waals surface area contributed by atoms with Gasteiger partial charge in [0.15, 0.2) is 0 Å². The molecule has 0 atom stereocenters. The first-order valence-corrected chi connectivity index (χ1v) is 10.7. The molecule has 3 rings (SSSR count). The average Bonchev–Trinajstić information content (AvgIpc) is 2.92. The standard InChI is InChI=1S/C23H28ClF3N2O2/c1-14(2)12-29-19(21(30)28-10-11-31-22(4,5)13-28)18(15(3)20(29)23(25,26)27)16-6-8-17(24)9-7-16/h6-9,14H,10-13H2,1-5H3. The third-order valence-corrected chi connectivity index (χ3v) is 5.62. The summed E-state index contributed by atoms with van der Waals surface area (Å²) in [6, 6.07) is 6.56. The molecule has 1 saturated heterocycles. The van der Waals surface area contributed by atoms with Crippen molar-refractivity contribution in [2.75, 3.05) is 19.7 Å². The maximum Gasteiger partial charge on any atom is 0.431 e. The first kappa shape index (κ1) is 23.7. The fraction of sp³-hybridized carbons (Fsp3) is 0.522. The first-order chi connectivity index (χ1) is 14.3. The van der Waals surface area contributed by atoms with E-state index < -0.39 is 23.4 Å². The number of benzene rings is 1. The highest BCUT2D eigenvalue weighted by Crippen LogP contribution is 2.42. The lowest BCUT2D eigenvalue weighted by Gasteiger charge is -2.38. The van der Waals surface area contributed by atoms with Crippen molar-refractivity contribution in [3.8, 4) is 11.1 Å². The lowest BCUT2D eigenvalue weighted by molar-refractivity contribution is -0.144. The molecule has 0 aliphatic carbocycles. The molecule has 170 valence electrons. The average molecular weight is 457 g/mol. The van der Waals surface area contributed by atoms with E-state index in [2.05, 4.69) is 0 Å². The van der Waals surface area contributed by atoms with E-state index in [1.807, 2.05) is 27.7 Å². The maximum atomic E-state index is 14.2. The van der Waals surface area contributed by atoms with Gasteiger partial charge in [-0.1, -0.05) is 37.6 Å². The Morgan fingerprint density at radius 3 is 2.35 bits per heavy atom. The number of nitrogens with zero attached hydrogens (tertiary/aromatic N) is 2. The van der Waals surface area contributed by atoms with Gasteiger partial charge in [0.2, 0.25) is 0 Å². The molecule has 1 aromatic carbocycles. The van der Waals surface area contributed by atoms with Gasteiger partial charge in [0.05, 0.1) is 12.2 Å². The summed E-state index contributed by atoms with van der Waals surface area (Å²) < 4.78 is 49.4. The number of morpholine rings is 1. The summed E-state index contributed by atoms with van der Waals surface area (Å²) in [5.74, 6) is -0.501. The Balaban J connectivity index is 2.27. The third kappa shape index (κ3) is 4.93. The van der Waals surface area contributed by atoms with Gasteiger partial charge in [0.25, 0.3) is 5.91 Å². The van der Waals surface area contributed by atoms with Gasteiger partial charge in [-0.2, -0.15) is 13.2 Å². The minimum Gasteiger partial charge on any atom is -0.372 e. The second-order valence-corrected chi connectivity index (χ2v) is 9.48. The largest absolute Gasteiger partial charge is 0.431 e. The molecule has 1 fully saturated rings. The van der Waals surface area contributed by atoms with Crippen LogP contribution in [0.25, 0.3) is 11.1 Å². The predicted molar refractivity (Wildman–Crippen MR) is 115 cm³/mol. The zero-order valence-electron chi connectivity index (χ0n) is 18.4. The Kier molecular flexibility index (Phi) is 6.50. The maximum absolute atomic E-state index is 14.2. The lowest BCUT2D eigenvalue weighted by Crippen LogP contribution is -2.51. The molecule has 2 aromatic rings. The molecule has 0 spiro atoms. The van der Waals surface area contributed by atoms with Crippen LogP contribution in [0.2, 0.25) is 5.02 Å². The van der Waals surface area contributed by atoms with E-state index >= 15 is 0 Å². The summed E-state index contributed by atoms with van der Waals surface area (Å²) in [6.45, 7) is 9.90. The summed E-state index contributed by atoms with van der Waals surface area (Å²) in [6.07, 6.45) is -4.59. The third-order valence-electron chi connectivity index (χ3n) is 5.37. The van der Waals surface area contributed by atoms with Crippen LogP contribution in [0.5, 0.6) is 0 Å². The molecule has 1 amide bonds. The number of hydrogen-bond donors (Lipinski definition) is 0. The molecule has 1 aliphatic rings. The van der Waals surface area contributed by atoms with Crippen LogP contribution in [-0.4, -0.2) is 40.7 Å². The Hall–Kier alpha value is -1.99.